The molecule has 0 aliphatic heterocycles. The van der Waals surface area contributed by atoms with Gasteiger partial charge in [-0.1, -0.05) is 29.8 Å². The van der Waals surface area contributed by atoms with Crippen LogP contribution in [0.5, 0.6) is 0 Å². The minimum absolute atomic E-state index is 0.340. The van der Waals surface area contributed by atoms with Crippen molar-refractivity contribution in [3.63, 3.8) is 0 Å². The average molecular weight is 432 g/mol. The van der Waals surface area contributed by atoms with Crippen LogP contribution in [0.4, 0.5) is 11.4 Å². The number of hydrogen-bond donors (Lipinski definition) is 1. The summed E-state index contributed by atoms with van der Waals surface area (Å²) in [6.07, 6.45) is 1.06. The summed E-state index contributed by atoms with van der Waals surface area (Å²) in [7, 11) is -3.63. The van der Waals surface area contributed by atoms with Crippen LogP contribution in [0.25, 0.3) is 0 Å². The van der Waals surface area contributed by atoms with Crippen LogP contribution >= 0.6 is 27.5 Å². The molecule has 0 spiro atoms. The molecule has 0 unspecified atom stereocenters. The van der Waals surface area contributed by atoms with Crippen LogP contribution in [0.15, 0.2) is 46.9 Å². The zero-order valence-corrected chi connectivity index (χ0v) is 16.2. The Kier molecular flexibility index (Phi) is 5.90. The van der Waals surface area contributed by atoms with Crippen molar-refractivity contribution in [1.29, 1.82) is 0 Å². The molecule has 0 saturated heterocycles. The lowest BCUT2D eigenvalue weighted by molar-refractivity contribution is -0.114. The smallest absolute Gasteiger partial charge is 0.245 e. The summed E-state index contributed by atoms with van der Waals surface area (Å²) in [5.74, 6) is -0.462. The van der Waals surface area contributed by atoms with Gasteiger partial charge in [-0.15, -0.1) is 0 Å². The van der Waals surface area contributed by atoms with Crippen molar-refractivity contribution in [3.05, 3.63) is 57.5 Å². The Bertz CT molecular complexity index is 871. The van der Waals surface area contributed by atoms with Crippen LogP contribution in [-0.2, 0) is 14.8 Å². The largest absolute Gasteiger partial charge is 0.324 e. The Morgan fingerprint density at radius 2 is 1.92 bits per heavy atom. The molecular formula is C16H16BrClN2O3S. The fourth-order valence-electron chi connectivity index (χ4n) is 2.04. The third kappa shape index (κ3) is 4.72. The predicted molar refractivity (Wildman–Crippen MR) is 101 cm³/mol. The molecule has 2 aromatic rings. The number of para-hydroxylation sites is 1. The molecule has 1 amide bonds. The molecule has 0 bridgehead atoms. The quantitative estimate of drug-likeness (QED) is 0.783. The molecular weight excluding hydrogens is 416 g/mol. The Morgan fingerprint density at radius 3 is 2.50 bits per heavy atom. The van der Waals surface area contributed by atoms with Crippen LogP contribution in [0.1, 0.15) is 5.56 Å². The molecule has 5 nitrogen and oxygen atoms in total. The van der Waals surface area contributed by atoms with Crippen molar-refractivity contribution in [2.45, 2.75) is 6.92 Å². The third-order valence-corrected chi connectivity index (χ3v) is 5.47. The summed E-state index contributed by atoms with van der Waals surface area (Å²) < 4.78 is 25.8. The molecule has 0 radical (unpaired) electrons. The summed E-state index contributed by atoms with van der Waals surface area (Å²) >= 11 is 9.34. The second-order valence-corrected chi connectivity index (χ2v) is 8.40. The van der Waals surface area contributed by atoms with Gasteiger partial charge in [0.1, 0.15) is 6.54 Å². The topological polar surface area (TPSA) is 66.5 Å². The molecule has 0 fully saturated rings. The van der Waals surface area contributed by atoms with E-state index in [0.717, 1.165) is 16.1 Å². The van der Waals surface area contributed by atoms with E-state index in [4.69, 9.17) is 11.6 Å². The van der Waals surface area contributed by atoms with Crippen molar-refractivity contribution in [2.75, 3.05) is 22.4 Å². The Balaban J connectivity index is 2.22. The standard InChI is InChI=1S/C16H16BrClN2O3S/c1-11-7-8-12(9-14(11)18)19-16(21)10-20(24(2,22)23)15-6-4-3-5-13(15)17/h3-9H,10H2,1-2H3,(H,19,21). The monoisotopic (exact) mass is 430 g/mol. The van der Waals surface area contributed by atoms with Crippen molar-refractivity contribution in [3.8, 4) is 0 Å². The van der Waals surface area contributed by atoms with E-state index in [2.05, 4.69) is 21.2 Å². The van der Waals surface area contributed by atoms with E-state index >= 15 is 0 Å². The van der Waals surface area contributed by atoms with Gasteiger partial charge in [0.25, 0.3) is 0 Å². The fraction of sp³-hybridized carbons (Fsp3) is 0.188. The summed E-state index contributed by atoms with van der Waals surface area (Å²) in [5, 5.41) is 3.18. The van der Waals surface area contributed by atoms with E-state index in [1.54, 1.807) is 42.5 Å². The molecule has 8 heteroatoms. The van der Waals surface area contributed by atoms with E-state index in [1.807, 2.05) is 6.92 Å². The van der Waals surface area contributed by atoms with Crippen LogP contribution in [0.2, 0.25) is 5.02 Å². The second-order valence-electron chi connectivity index (χ2n) is 5.23. The molecule has 2 aromatic carbocycles. The van der Waals surface area contributed by atoms with E-state index in [9.17, 15) is 13.2 Å². The lowest BCUT2D eigenvalue weighted by Crippen LogP contribution is -2.37. The van der Waals surface area contributed by atoms with Crippen LogP contribution in [0.3, 0.4) is 0 Å². The number of sulfonamides is 1. The number of amides is 1. The van der Waals surface area contributed by atoms with Crippen LogP contribution < -0.4 is 9.62 Å². The van der Waals surface area contributed by atoms with E-state index in [0.29, 0.717) is 20.9 Å². The number of carbonyl (C=O) groups excluding carboxylic acids is 1. The highest BCUT2D eigenvalue weighted by Gasteiger charge is 2.22. The highest BCUT2D eigenvalue weighted by molar-refractivity contribution is 9.10. The van der Waals surface area contributed by atoms with Gasteiger partial charge in [-0.2, -0.15) is 0 Å². The molecule has 0 aliphatic carbocycles. The first kappa shape index (κ1) is 18.8. The number of rotatable bonds is 5. The van der Waals surface area contributed by atoms with Crippen molar-refractivity contribution in [1.82, 2.24) is 0 Å². The maximum Gasteiger partial charge on any atom is 0.245 e. The molecule has 0 aromatic heterocycles. The predicted octanol–water partition coefficient (Wildman–Crippen LogP) is 3.82. The van der Waals surface area contributed by atoms with Gasteiger partial charge in [-0.3, -0.25) is 9.10 Å². The Morgan fingerprint density at radius 1 is 1.25 bits per heavy atom. The lowest BCUT2D eigenvalue weighted by Gasteiger charge is -2.23. The first-order valence-corrected chi connectivity index (χ1v) is 9.98. The molecule has 128 valence electrons. The number of benzene rings is 2. The molecule has 0 saturated carbocycles. The molecule has 0 heterocycles. The number of carbonyl (C=O) groups is 1. The summed E-state index contributed by atoms with van der Waals surface area (Å²) in [4.78, 5) is 12.3. The fourth-order valence-corrected chi connectivity index (χ4v) is 3.70. The summed E-state index contributed by atoms with van der Waals surface area (Å²) in [6, 6.07) is 11.9. The SMILES string of the molecule is Cc1ccc(NC(=O)CN(c2ccccc2Br)S(C)(=O)=O)cc1Cl. The molecule has 2 rings (SSSR count). The Labute approximate surface area is 154 Å². The molecule has 24 heavy (non-hydrogen) atoms. The molecule has 1 N–H and O–H groups in total. The van der Waals surface area contributed by atoms with Crippen molar-refractivity contribution >= 4 is 54.8 Å². The van der Waals surface area contributed by atoms with Gasteiger partial charge >= 0.3 is 0 Å². The average Bonchev–Trinajstić information content (AvgIpc) is 2.48. The lowest BCUT2D eigenvalue weighted by atomic mass is 10.2. The van der Waals surface area contributed by atoms with Crippen molar-refractivity contribution in [2.24, 2.45) is 0 Å². The van der Waals surface area contributed by atoms with Crippen molar-refractivity contribution < 1.29 is 13.2 Å². The highest BCUT2D eigenvalue weighted by Crippen LogP contribution is 2.27. The van der Waals surface area contributed by atoms with Crippen LogP contribution in [-0.4, -0.2) is 27.1 Å². The summed E-state index contributed by atoms with van der Waals surface area (Å²) in [5.41, 5.74) is 1.80. The normalized spacial score (nSPS) is 11.2. The minimum Gasteiger partial charge on any atom is -0.324 e. The number of nitrogens with zero attached hydrogens (tertiary/aromatic N) is 1. The van der Waals surface area contributed by atoms with Crippen LogP contribution in [0, 0.1) is 6.92 Å². The third-order valence-electron chi connectivity index (χ3n) is 3.26. The zero-order valence-electron chi connectivity index (χ0n) is 13.1. The maximum atomic E-state index is 12.3. The molecule has 0 atom stereocenters. The number of halogens is 2. The highest BCUT2D eigenvalue weighted by atomic mass is 79.9. The van der Waals surface area contributed by atoms with Gasteiger partial charge in [0, 0.05) is 15.2 Å². The van der Waals surface area contributed by atoms with E-state index < -0.39 is 15.9 Å². The first-order valence-electron chi connectivity index (χ1n) is 6.97. The van der Waals surface area contributed by atoms with Gasteiger partial charge in [0.15, 0.2) is 0 Å². The second kappa shape index (κ2) is 7.55. The number of aryl methyl sites for hydroxylation is 1. The first-order chi connectivity index (χ1) is 11.2. The van der Waals surface area contributed by atoms with Gasteiger partial charge in [-0.05, 0) is 52.7 Å². The van der Waals surface area contributed by atoms with E-state index in [-0.39, 0.29) is 6.54 Å². The van der Waals surface area contributed by atoms with Gasteiger partial charge in [-0.25, -0.2) is 8.42 Å². The number of hydrogen-bond acceptors (Lipinski definition) is 3. The minimum atomic E-state index is -3.63. The van der Waals surface area contributed by atoms with Gasteiger partial charge < -0.3 is 5.32 Å². The number of anilines is 2. The zero-order chi connectivity index (χ0) is 17.9. The maximum absolute atomic E-state index is 12.3. The van der Waals surface area contributed by atoms with Gasteiger partial charge in [0.2, 0.25) is 15.9 Å². The van der Waals surface area contributed by atoms with Gasteiger partial charge in [0.05, 0.1) is 11.9 Å². The summed E-state index contributed by atoms with van der Waals surface area (Å²) in [6.45, 7) is 1.51. The Hall–Kier alpha value is -1.57. The van der Waals surface area contributed by atoms with E-state index in [1.165, 1.54) is 0 Å². The molecule has 0 aliphatic rings. The number of nitrogens with one attached hydrogen (secondary N) is 1.